The number of likely N-dealkylation sites (N-methyl/N-ethyl adjacent to an activating group) is 1. The van der Waals surface area contributed by atoms with Gasteiger partial charge in [0.15, 0.2) is 0 Å². The molecule has 2 N–H and O–H groups in total. The Hall–Kier alpha value is -2.53. The van der Waals surface area contributed by atoms with Crippen molar-refractivity contribution in [2.24, 2.45) is 5.92 Å². The van der Waals surface area contributed by atoms with Crippen LogP contribution in [-0.4, -0.2) is 45.7 Å². The lowest BCUT2D eigenvalue weighted by atomic mass is 10.2. The van der Waals surface area contributed by atoms with Crippen LogP contribution in [0.5, 0.6) is 5.75 Å². The summed E-state index contributed by atoms with van der Waals surface area (Å²) in [4.78, 5) is 16.5. The molecule has 0 unspecified atom stereocenters. The van der Waals surface area contributed by atoms with Gasteiger partial charge in [0.2, 0.25) is 0 Å². The molecule has 1 saturated heterocycles. The Bertz CT molecular complexity index is 750. The van der Waals surface area contributed by atoms with Crippen LogP contribution in [0, 0.1) is 5.92 Å². The van der Waals surface area contributed by atoms with Crippen molar-refractivity contribution in [3.63, 3.8) is 0 Å². The van der Waals surface area contributed by atoms with Gasteiger partial charge in [-0.15, -0.1) is 0 Å². The number of hydrogen-bond donors (Lipinski definition) is 2. The highest BCUT2D eigenvalue weighted by molar-refractivity contribution is 6.04. The largest absolute Gasteiger partial charge is 0.493 e. The summed E-state index contributed by atoms with van der Waals surface area (Å²) in [6, 6.07) is 15.4. The Kier molecular flexibility index (Phi) is 6.35. The first kappa shape index (κ1) is 19.2. The smallest absolute Gasteiger partial charge is 0.255 e. The number of carbonyl (C=O) groups excluding carboxylic acids is 1. The number of nitrogens with zero attached hydrogens (tertiary/aromatic N) is 1. The Balaban J connectivity index is 1.60. The molecule has 1 amide bonds. The topological polar surface area (TPSA) is 46.0 Å². The molecule has 5 heteroatoms. The predicted octanol–water partition coefficient (Wildman–Crippen LogP) is 2.31. The van der Waals surface area contributed by atoms with Crippen LogP contribution in [-0.2, 0) is 0 Å². The minimum Gasteiger partial charge on any atom is -0.493 e. The molecule has 2 aromatic rings. The zero-order chi connectivity index (χ0) is 19.2. The van der Waals surface area contributed by atoms with Crippen molar-refractivity contribution >= 4 is 17.3 Å². The Morgan fingerprint density at radius 3 is 2.52 bits per heavy atom. The second-order valence-corrected chi connectivity index (χ2v) is 7.68. The molecule has 0 aliphatic carbocycles. The molecule has 0 atom stereocenters. The van der Waals surface area contributed by atoms with Crippen molar-refractivity contribution in [1.82, 2.24) is 0 Å². The molecule has 1 aliphatic heterocycles. The molecule has 5 nitrogen and oxygen atoms in total. The first-order chi connectivity index (χ1) is 13.0. The lowest BCUT2D eigenvalue weighted by molar-refractivity contribution is -0.880. The van der Waals surface area contributed by atoms with Gasteiger partial charge in [-0.25, -0.2) is 0 Å². The molecular weight excluding hydrogens is 338 g/mol. The first-order valence-electron chi connectivity index (χ1n) is 9.72. The molecule has 2 aromatic carbocycles. The third-order valence-electron chi connectivity index (χ3n) is 4.79. The lowest BCUT2D eigenvalue weighted by Crippen LogP contribution is -3.12. The van der Waals surface area contributed by atoms with Gasteiger partial charge in [0.1, 0.15) is 5.75 Å². The summed E-state index contributed by atoms with van der Waals surface area (Å²) in [7, 11) is 2.23. The van der Waals surface area contributed by atoms with Gasteiger partial charge in [0.05, 0.1) is 39.8 Å². The number of amides is 1. The molecular formula is C22H30N3O2+. The summed E-state index contributed by atoms with van der Waals surface area (Å²) in [5.41, 5.74) is 2.61. The molecule has 0 aromatic heterocycles. The zero-order valence-corrected chi connectivity index (χ0v) is 16.5. The highest BCUT2D eigenvalue weighted by Crippen LogP contribution is 2.20. The van der Waals surface area contributed by atoms with Crippen molar-refractivity contribution < 1.29 is 14.4 Å². The molecule has 0 bridgehead atoms. The number of nitrogens with one attached hydrogen (secondary N) is 2. The van der Waals surface area contributed by atoms with E-state index in [9.17, 15) is 4.79 Å². The van der Waals surface area contributed by atoms with E-state index < -0.39 is 0 Å². The number of hydrogen-bond acceptors (Lipinski definition) is 3. The van der Waals surface area contributed by atoms with Gasteiger partial charge in [-0.2, -0.15) is 0 Å². The van der Waals surface area contributed by atoms with E-state index in [1.54, 1.807) is 17.0 Å². The standard InChI is InChI=1S/C22H29N3O2/c1-17(2)16-27-21-6-4-5-18(15-21)22(26)23-19-7-9-20(10-8-19)25-13-11-24(3)12-14-25/h4-10,15,17H,11-14,16H2,1-3H3,(H,23,26)/p+1. The second-order valence-electron chi connectivity index (χ2n) is 7.68. The Morgan fingerprint density at radius 1 is 1.15 bits per heavy atom. The number of carbonyl (C=O) groups is 1. The summed E-state index contributed by atoms with van der Waals surface area (Å²) in [6.45, 7) is 9.30. The van der Waals surface area contributed by atoms with Gasteiger partial charge in [0, 0.05) is 16.9 Å². The third kappa shape index (κ3) is 5.47. The normalized spacial score (nSPS) is 15.0. The molecule has 1 heterocycles. The van der Waals surface area contributed by atoms with Gasteiger partial charge < -0.3 is 19.9 Å². The average Bonchev–Trinajstić information content (AvgIpc) is 2.68. The molecule has 27 heavy (non-hydrogen) atoms. The SMILES string of the molecule is CC(C)COc1cccc(C(=O)Nc2ccc(N3CC[NH+](C)CC3)cc2)c1. The maximum atomic E-state index is 12.5. The van der Waals surface area contributed by atoms with Gasteiger partial charge in [0.25, 0.3) is 5.91 Å². The van der Waals surface area contributed by atoms with Gasteiger partial charge >= 0.3 is 0 Å². The predicted molar refractivity (Wildman–Crippen MR) is 110 cm³/mol. The quantitative estimate of drug-likeness (QED) is 0.823. The van der Waals surface area contributed by atoms with Crippen LogP contribution in [0.3, 0.4) is 0 Å². The number of piperazine rings is 1. The van der Waals surface area contributed by atoms with Crippen LogP contribution in [0.15, 0.2) is 48.5 Å². The van der Waals surface area contributed by atoms with Crippen molar-refractivity contribution in [2.45, 2.75) is 13.8 Å². The van der Waals surface area contributed by atoms with Crippen LogP contribution in [0.4, 0.5) is 11.4 Å². The van der Waals surface area contributed by atoms with Crippen molar-refractivity contribution in [3.8, 4) is 5.75 Å². The molecule has 3 rings (SSSR count). The maximum absolute atomic E-state index is 12.5. The summed E-state index contributed by atoms with van der Waals surface area (Å²) in [6.07, 6.45) is 0. The van der Waals surface area contributed by atoms with E-state index in [2.05, 4.69) is 43.2 Å². The molecule has 0 radical (unpaired) electrons. The highest BCUT2D eigenvalue weighted by Gasteiger charge is 2.17. The minimum absolute atomic E-state index is 0.124. The minimum atomic E-state index is -0.124. The molecule has 0 saturated carbocycles. The average molecular weight is 369 g/mol. The monoisotopic (exact) mass is 368 g/mol. The lowest BCUT2D eigenvalue weighted by Gasteiger charge is -2.31. The van der Waals surface area contributed by atoms with Gasteiger partial charge in [-0.3, -0.25) is 4.79 Å². The van der Waals surface area contributed by atoms with Gasteiger partial charge in [-0.1, -0.05) is 19.9 Å². The van der Waals surface area contributed by atoms with Crippen molar-refractivity contribution in [1.29, 1.82) is 0 Å². The first-order valence-corrected chi connectivity index (χ1v) is 9.72. The van der Waals surface area contributed by atoms with E-state index in [1.165, 1.54) is 5.69 Å². The molecule has 1 aliphatic rings. The van der Waals surface area contributed by atoms with Crippen LogP contribution in [0.2, 0.25) is 0 Å². The van der Waals surface area contributed by atoms with E-state index in [1.807, 2.05) is 24.3 Å². The van der Waals surface area contributed by atoms with E-state index in [0.717, 1.165) is 37.6 Å². The molecule has 1 fully saturated rings. The zero-order valence-electron chi connectivity index (χ0n) is 16.5. The van der Waals surface area contributed by atoms with E-state index in [0.29, 0.717) is 18.1 Å². The summed E-state index contributed by atoms with van der Waals surface area (Å²) >= 11 is 0. The molecule has 0 spiro atoms. The fourth-order valence-corrected chi connectivity index (χ4v) is 3.10. The second kappa shape index (κ2) is 8.91. The molecule has 144 valence electrons. The van der Waals surface area contributed by atoms with Crippen molar-refractivity contribution in [3.05, 3.63) is 54.1 Å². The number of rotatable bonds is 6. The van der Waals surface area contributed by atoms with Gasteiger partial charge in [-0.05, 0) is 48.4 Å². The number of ether oxygens (including phenoxy) is 1. The fourth-order valence-electron chi connectivity index (χ4n) is 3.10. The van der Waals surface area contributed by atoms with E-state index >= 15 is 0 Å². The number of anilines is 2. The van der Waals surface area contributed by atoms with Crippen LogP contribution in [0.25, 0.3) is 0 Å². The van der Waals surface area contributed by atoms with Crippen LogP contribution < -0.4 is 19.9 Å². The Labute approximate surface area is 161 Å². The third-order valence-corrected chi connectivity index (χ3v) is 4.79. The van der Waals surface area contributed by atoms with E-state index in [4.69, 9.17) is 4.74 Å². The summed E-state index contributed by atoms with van der Waals surface area (Å²) in [5, 5.41) is 2.97. The highest BCUT2D eigenvalue weighted by atomic mass is 16.5. The fraction of sp³-hybridized carbons (Fsp3) is 0.409. The summed E-state index contributed by atoms with van der Waals surface area (Å²) in [5.74, 6) is 1.05. The summed E-state index contributed by atoms with van der Waals surface area (Å²) < 4.78 is 5.71. The van der Waals surface area contributed by atoms with Crippen LogP contribution in [0.1, 0.15) is 24.2 Å². The maximum Gasteiger partial charge on any atom is 0.255 e. The Morgan fingerprint density at radius 2 is 1.85 bits per heavy atom. The van der Waals surface area contributed by atoms with Crippen LogP contribution >= 0.6 is 0 Å². The number of quaternary nitrogens is 1. The van der Waals surface area contributed by atoms with E-state index in [-0.39, 0.29) is 5.91 Å². The number of benzene rings is 2. The van der Waals surface area contributed by atoms with Crippen molar-refractivity contribution in [2.75, 3.05) is 50.1 Å².